The summed E-state index contributed by atoms with van der Waals surface area (Å²) in [6.07, 6.45) is 2.32. The number of nitriles is 1. The van der Waals surface area contributed by atoms with Crippen molar-refractivity contribution in [2.75, 3.05) is 18.9 Å². The molecule has 1 unspecified atom stereocenters. The summed E-state index contributed by atoms with van der Waals surface area (Å²) in [6, 6.07) is 5.66. The number of sulfonamides is 1. The number of aliphatic hydroxyl groups is 1. The molecule has 2 rings (SSSR count). The van der Waals surface area contributed by atoms with Crippen LogP contribution < -0.4 is 5.73 Å². The number of piperidine rings is 1. The molecule has 0 spiro atoms. The van der Waals surface area contributed by atoms with E-state index in [1.165, 1.54) is 22.5 Å². The van der Waals surface area contributed by atoms with Crippen LogP contribution in [0.4, 0.5) is 5.69 Å². The normalized spacial score (nSPS) is 20.5. The monoisotopic (exact) mass is 295 g/mol. The summed E-state index contributed by atoms with van der Waals surface area (Å²) < 4.78 is 26.6. The maximum atomic E-state index is 12.6. The van der Waals surface area contributed by atoms with Gasteiger partial charge in [-0.2, -0.15) is 9.57 Å². The fourth-order valence-corrected chi connectivity index (χ4v) is 4.24. The van der Waals surface area contributed by atoms with Crippen LogP contribution in [0.2, 0.25) is 0 Å². The third-order valence-electron chi connectivity index (χ3n) is 3.51. The molecular formula is C13H17N3O3S. The highest BCUT2D eigenvalue weighted by Gasteiger charge is 2.34. The molecule has 1 aromatic rings. The third-order valence-corrected chi connectivity index (χ3v) is 5.54. The van der Waals surface area contributed by atoms with Crippen molar-refractivity contribution < 1.29 is 13.5 Å². The Labute approximate surface area is 118 Å². The number of anilines is 1. The summed E-state index contributed by atoms with van der Waals surface area (Å²) in [4.78, 5) is -0.00292. The van der Waals surface area contributed by atoms with E-state index in [-0.39, 0.29) is 17.2 Å². The zero-order valence-corrected chi connectivity index (χ0v) is 11.8. The first-order valence-electron chi connectivity index (χ1n) is 6.43. The van der Waals surface area contributed by atoms with Gasteiger partial charge < -0.3 is 10.8 Å². The maximum absolute atomic E-state index is 12.6. The zero-order chi connectivity index (χ0) is 14.8. The first-order valence-corrected chi connectivity index (χ1v) is 7.87. The van der Waals surface area contributed by atoms with Gasteiger partial charge >= 0.3 is 0 Å². The van der Waals surface area contributed by atoms with Gasteiger partial charge in [-0.3, -0.25) is 0 Å². The molecule has 1 heterocycles. The van der Waals surface area contributed by atoms with Crippen LogP contribution in [0.25, 0.3) is 0 Å². The van der Waals surface area contributed by atoms with Crippen molar-refractivity contribution in [2.45, 2.75) is 30.2 Å². The second-order valence-electron chi connectivity index (χ2n) is 4.81. The van der Waals surface area contributed by atoms with Gasteiger partial charge in [0, 0.05) is 12.6 Å². The third kappa shape index (κ3) is 2.63. The second kappa shape index (κ2) is 5.79. The minimum absolute atomic E-state index is 0.00292. The molecule has 1 atom stereocenters. The van der Waals surface area contributed by atoms with Crippen LogP contribution >= 0.6 is 0 Å². The average molecular weight is 295 g/mol. The van der Waals surface area contributed by atoms with Crippen LogP contribution in [0.5, 0.6) is 0 Å². The summed E-state index contributed by atoms with van der Waals surface area (Å²) in [5, 5.41) is 18.1. The number of hydrogen-bond acceptors (Lipinski definition) is 5. The Morgan fingerprint density at radius 2 is 2.20 bits per heavy atom. The predicted octanol–water partition coefficient (Wildman–Crippen LogP) is 0.676. The van der Waals surface area contributed by atoms with Crippen molar-refractivity contribution in [3.05, 3.63) is 23.8 Å². The summed E-state index contributed by atoms with van der Waals surface area (Å²) >= 11 is 0. The number of nitrogens with zero attached hydrogens (tertiary/aromatic N) is 2. The molecule has 0 saturated carbocycles. The van der Waals surface area contributed by atoms with Crippen LogP contribution in [-0.2, 0) is 10.0 Å². The summed E-state index contributed by atoms with van der Waals surface area (Å²) in [5.74, 6) is 0. The zero-order valence-electron chi connectivity index (χ0n) is 11.0. The molecule has 7 heteroatoms. The van der Waals surface area contributed by atoms with Gasteiger partial charge in [-0.05, 0) is 31.0 Å². The molecule has 6 nitrogen and oxygen atoms in total. The van der Waals surface area contributed by atoms with Crippen LogP contribution in [-0.4, -0.2) is 37.0 Å². The van der Waals surface area contributed by atoms with Crippen LogP contribution in [0.15, 0.2) is 23.1 Å². The smallest absolute Gasteiger partial charge is 0.245 e. The standard InChI is InChI=1S/C13H17N3O3S/c14-8-10-4-5-13(12(15)7-10)20(18,19)16-6-2-1-3-11(16)9-17/h4-5,7,11,17H,1-3,6,9,15H2. The highest BCUT2D eigenvalue weighted by atomic mass is 32.2. The predicted molar refractivity (Wildman–Crippen MR) is 74.2 cm³/mol. The molecule has 108 valence electrons. The van der Waals surface area contributed by atoms with Crippen molar-refractivity contribution in [2.24, 2.45) is 0 Å². The lowest BCUT2D eigenvalue weighted by Gasteiger charge is -2.33. The van der Waals surface area contributed by atoms with Gasteiger partial charge in [0.1, 0.15) is 4.90 Å². The molecule has 1 aromatic carbocycles. The van der Waals surface area contributed by atoms with Crippen molar-refractivity contribution >= 4 is 15.7 Å². The van der Waals surface area contributed by atoms with Crippen molar-refractivity contribution in [1.29, 1.82) is 5.26 Å². The van der Waals surface area contributed by atoms with Gasteiger partial charge in [-0.15, -0.1) is 0 Å². The minimum Gasteiger partial charge on any atom is -0.398 e. The molecule has 1 aliphatic heterocycles. The Morgan fingerprint density at radius 1 is 1.45 bits per heavy atom. The van der Waals surface area contributed by atoms with E-state index < -0.39 is 16.1 Å². The summed E-state index contributed by atoms with van der Waals surface area (Å²) in [7, 11) is -3.74. The van der Waals surface area contributed by atoms with Crippen molar-refractivity contribution in [3.63, 3.8) is 0 Å². The van der Waals surface area contributed by atoms with E-state index in [1.54, 1.807) is 0 Å². The molecule has 0 amide bonds. The topological polar surface area (TPSA) is 107 Å². The van der Waals surface area contributed by atoms with Crippen molar-refractivity contribution in [3.8, 4) is 6.07 Å². The van der Waals surface area contributed by atoms with E-state index in [0.717, 1.165) is 12.8 Å². The molecule has 1 fully saturated rings. The lowest BCUT2D eigenvalue weighted by atomic mass is 10.1. The molecule has 3 N–H and O–H groups in total. The molecule has 0 aliphatic carbocycles. The molecule has 0 radical (unpaired) electrons. The van der Waals surface area contributed by atoms with E-state index in [9.17, 15) is 13.5 Å². The highest BCUT2D eigenvalue weighted by Crippen LogP contribution is 2.28. The van der Waals surface area contributed by atoms with Gasteiger partial charge in [0.15, 0.2) is 0 Å². The molecule has 0 bridgehead atoms. The minimum atomic E-state index is -3.74. The number of rotatable bonds is 3. The highest BCUT2D eigenvalue weighted by molar-refractivity contribution is 7.89. The van der Waals surface area contributed by atoms with Gasteiger partial charge in [0.25, 0.3) is 0 Å². The summed E-state index contributed by atoms with van der Waals surface area (Å²) in [5.41, 5.74) is 6.14. The number of nitrogen functional groups attached to an aromatic ring is 1. The van der Waals surface area contributed by atoms with Crippen molar-refractivity contribution in [1.82, 2.24) is 4.31 Å². The van der Waals surface area contributed by atoms with E-state index in [4.69, 9.17) is 11.0 Å². The van der Waals surface area contributed by atoms with E-state index in [1.807, 2.05) is 6.07 Å². The van der Waals surface area contributed by atoms with Gasteiger partial charge in [-0.25, -0.2) is 8.42 Å². The average Bonchev–Trinajstić information content (AvgIpc) is 2.46. The fourth-order valence-electron chi connectivity index (χ4n) is 2.45. The van der Waals surface area contributed by atoms with E-state index in [0.29, 0.717) is 18.5 Å². The number of benzene rings is 1. The lowest BCUT2D eigenvalue weighted by Crippen LogP contribution is -2.45. The van der Waals surface area contributed by atoms with Gasteiger partial charge in [0.05, 0.1) is 23.9 Å². The van der Waals surface area contributed by atoms with E-state index >= 15 is 0 Å². The number of aliphatic hydroxyl groups excluding tert-OH is 1. The Kier molecular flexibility index (Phi) is 4.28. The molecule has 1 saturated heterocycles. The Morgan fingerprint density at radius 3 is 2.80 bits per heavy atom. The Bertz CT molecular complexity index is 637. The number of hydrogen-bond donors (Lipinski definition) is 2. The van der Waals surface area contributed by atoms with E-state index in [2.05, 4.69) is 0 Å². The quantitative estimate of drug-likeness (QED) is 0.797. The first kappa shape index (κ1) is 14.8. The Hall–Kier alpha value is -1.62. The van der Waals surface area contributed by atoms with Gasteiger partial charge in [0.2, 0.25) is 10.0 Å². The maximum Gasteiger partial charge on any atom is 0.245 e. The summed E-state index contributed by atoms with van der Waals surface area (Å²) in [6.45, 7) is 0.183. The Balaban J connectivity index is 2.42. The first-order chi connectivity index (χ1) is 9.50. The lowest BCUT2D eigenvalue weighted by molar-refractivity contribution is 0.155. The SMILES string of the molecule is N#Cc1ccc(S(=O)(=O)N2CCCCC2CO)c(N)c1. The second-order valence-corrected chi connectivity index (χ2v) is 6.67. The van der Waals surface area contributed by atoms with Crippen LogP contribution in [0.3, 0.4) is 0 Å². The molecular weight excluding hydrogens is 278 g/mol. The van der Waals surface area contributed by atoms with Crippen LogP contribution in [0.1, 0.15) is 24.8 Å². The van der Waals surface area contributed by atoms with Gasteiger partial charge in [-0.1, -0.05) is 6.42 Å². The fraction of sp³-hybridized carbons (Fsp3) is 0.462. The molecule has 0 aromatic heterocycles. The molecule has 20 heavy (non-hydrogen) atoms. The van der Waals surface area contributed by atoms with Crippen LogP contribution in [0, 0.1) is 11.3 Å². The number of nitrogens with two attached hydrogens (primary N) is 1. The molecule has 1 aliphatic rings. The largest absolute Gasteiger partial charge is 0.398 e.